The van der Waals surface area contributed by atoms with Crippen molar-refractivity contribution in [1.29, 1.82) is 0 Å². The zero-order valence-corrected chi connectivity index (χ0v) is 6.10. The van der Waals surface area contributed by atoms with Gasteiger partial charge in [-0.2, -0.15) is 0 Å². The molecule has 0 aromatic carbocycles. The largest absolute Gasteiger partial charge is 0.378 e. The molecule has 5 heteroatoms. The smallest absolute Gasteiger partial charge is 0.250 e. The van der Waals surface area contributed by atoms with Crippen molar-refractivity contribution in [3.63, 3.8) is 0 Å². The van der Waals surface area contributed by atoms with Gasteiger partial charge in [0.25, 0.3) is 0 Å². The van der Waals surface area contributed by atoms with Gasteiger partial charge in [-0.3, -0.25) is 10.1 Å². The monoisotopic (exact) mass is 158 g/mol. The molecule has 0 saturated carbocycles. The Morgan fingerprint density at radius 1 is 1.45 bits per heavy atom. The van der Waals surface area contributed by atoms with Crippen LogP contribution in [0.25, 0.3) is 0 Å². The predicted molar refractivity (Wildman–Crippen MR) is 38.5 cm³/mol. The molecular weight excluding hydrogens is 148 g/mol. The van der Waals surface area contributed by atoms with Gasteiger partial charge in [0.05, 0.1) is 24.3 Å². The Morgan fingerprint density at radius 2 is 2.09 bits per heavy atom. The lowest BCUT2D eigenvalue weighted by Crippen LogP contribution is -2.32. The molecule has 0 bridgehead atoms. The standard InChI is InChI=1S/C6H10N2O3/c9-8(10)2-1-7-3-5-11-6-4-7/h1-2H,3-6H2. The van der Waals surface area contributed by atoms with Crippen molar-refractivity contribution in [1.82, 2.24) is 4.90 Å². The molecule has 5 nitrogen and oxygen atoms in total. The summed E-state index contributed by atoms with van der Waals surface area (Å²) < 4.78 is 5.06. The lowest BCUT2D eigenvalue weighted by Gasteiger charge is -2.23. The highest BCUT2D eigenvalue weighted by Crippen LogP contribution is 1.96. The second-order valence-corrected chi connectivity index (χ2v) is 2.23. The molecule has 0 amide bonds. The Hall–Kier alpha value is -1.10. The molecule has 11 heavy (non-hydrogen) atoms. The molecular formula is C6H10N2O3. The maximum Gasteiger partial charge on any atom is 0.250 e. The third-order valence-electron chi connectivity index (χ3n) is 1.44. The molecule has 1 heterocycles. The first-order valence-electron chi connectivity index (χ1n) is 3.42. The van der Waals surface area contributed by atoms with E-state index < -0.39 is 4.92 Å². The van der Waals surface area contributed by atoms with Gasteiger partial charge in [-0.1, -0.05) is 0 Å². The molecule has 0 aliphatic carbocycles. The van der Waals surface area contributed by atoms with E-state index in [0.717, 1.165) is 19.3 Å². The summed E-state index contributed by atoms with van der Waals surface area (Å²) in [4.78, 5) is 11.3. The maximum absolute atomic E-state index is 9.90. The summed E-state index contributed by atoms with van der Waals surface area (Å²) in [5.41, 5.74) is 0. The van der Waals surface area contributed by atoms with E-state index in [1.165, 1.54) is 6.20 Å². The van der Waals surface area contributed by atoms with Crippen molar-refractivity contribution in [2.75, 3.05) is 26.3 Å². The number of hydrogen-bond acceptors (Lipinski definition) is 4. The quantitative estimate of drug-likeness (QED) is 0.421. The van der Waals surface area contributed by atoms with E-state index in [2.05, 4.69) is 0 Å². The van der Waals surface area contributed by atoms with Crippen LogP contribution in [0.1, 0.15) is 0 Å². The minimum Gasteiger partial charge on any atom is -0.378 e. The van der Waals surface area contributed by atoms with Gasteiger partial charge in [0.15, 0.2) is 0 Å². The molecule has 0 unspecified atom stereocenters. The van der Waals surface area contributed by atoms with Gasteiger partial charge in [0.1, 0.15) is 0 Å². The molecule has 0 atom stereocenters. The summed E-state index contributed by atoms with van der Waals surface area (Å²) in [6.07, 6.45) is 2.44. The minimum atomic E-state index is -0.463. The van der Waals surface area contributed by atoms with E-state index in [0.29, 0.717) is 13.2 Å². The third kappa shape index (κ3) is 2.99. The van der Waals surface area contributed by atoms with Gasteiger partial charge in [0, 0.05) is 13.1 Å². The van der Waals surface area contributed by atoms with Crippen LogP contribution >= 0.6 is 0 Å². The summed E-state index contributed by atoms with van der Waals surface area (Å²) in [6, 6.07) is 0. The number of rotatable bonds is 2. The van der Waals surface area contributed by atoms with Crippen molar-refractivity contribution < 1.29 is 9.66 Å². The van der Waals surface area contributed by atoms with E-state index in [9.17, 15) is 10.1 Å². The van der Waals surface area contributed by atoms with Crippen LogP contribution in [0, 0.1) is 10.1 Å². The van der Waals surface area contributed by atoms with Gasteiger partial charge in [0.2, 0.25) is 6.20 Å². The average molecular weight is 158 g/mol. The van der Waals surface area contributed by atoms with Gasteiger partial charge in [-0.05, 0) is 0 Å². The molecule has 62 valence electrons. The molecule has 1 aliphatic heterocycles. The lowest BCUT2D eigenvalue weighted by atomic mass is 10.4. The summed E-state index contributed by atoms with van der Waals surface area (Å²) in [6.45, 7) is 2.79. The molecule has 1 fully saturated rings. The second-order valence-electron chi connectivity index (χ2n) is 2.23. The zero-order valence-electron chi connectivity index (χ0n) is 6.10. The van der Waals surface area contributed by atoms with Crippen LogP contribution in [0.2, 0.25) is 0 Å². The van der Waals surface area contributed by atoms with E-state index >= 15 is 0 Å². The van der Waals surface area contributed by atoms with Crippen molar-refractivity contribution in [2.24, 2.45) is 0 Å². The van der Waals surface area contributed by atoms with Crippen LogP contribution in [-0.4, -0.2) is 36.1 Å². The van der Waals surface area contributed by atoms with Crippen molar-refractivity contribution in [3.8, 4) is 0 Å². The molecule has 1 aliphatic rings. The lowest BCUT2D eigenvalue weighted by molar-refractivity contribution is -0.403. The van der Waals surface area contributed by atoms with Gasteiger partial charge < -0.3 is 9.64 Å². The van der Waals surface area contributed by atoms with Crippen LogP contribution in [0.15, 0.2) is 12.4 Å². The summed E-state index contributed by atoms with van der Waals surface area (Å²) in [5, 5.41) is 9.90. The Bertz CT molecular complexity index is 163. The summed E-state index contributed by atoms with van der Waals surface area (Å²) >= 11 is 0. The molecule has 0 radical (unpaired) electrons. The number of hydrogen-bond donors (Lipinski definition) is 0. The van der Waals surface area contributed by atoms with Gasteiger partial charge >= 0.3 is 0 Å². The summed E-state index contributed by atoms with van der Waals surface area (Å²) in [5.74, 6) is 0. The Balaban J connectivity index is 2.29. The third-order valence-corrected chi connectivity index (χ3v) is 1.44. The number of ether oxygens (including phenoxy) is 1. The minimum absolute atomic E-state index is 0.463. The van der Waals surface area contributed by atoms with Crippen molar-refractivity contribution >= 4 is 0 Å². The fourth-order valence-electron chi connectivity index (χ4n) is 0.875. The van der Waals surface area contributed by atoms with Crippen LogP contribution in [0.4, 0.5) is 0 Å². The van der Waals surface area contributed by atoms with Gasteiger partial charge in [-0.25, -0.2) is 0 Å². The fourth-order valence-corrected chi connectivity index (χ4v) is 0.875. The molecule has 0 spiro atoms. The highest BCUT2D eigenvalue weighted by atomic mass is 16.6. The first-order valence-corrected chi connectivity index (χ1v) is 3.42. The Labute approximate surface area is 64.4 Å². The predicted octanol–water partition coefficient (Wildman–Crippen LogP) is 0.0665. The number of nitro groups is 1. The van der Waals surface area contributed by atoms with E-state index in [4.69, 9.17) is 4.74 Å². The first-order chi connectivity index (χ1) is 5.29. The normalized spacial score (nSPS) is 19.1. The zero-order chi connectivity index (χ0) is 8.10. The van der Waals surface area contributed by atoms with Crippen LogP contribution in [0.5, 0.6) is 0 Å². The van der Waals surface area contributed by atoms with Gasteiger partial charge in [-0.15, -0.1) is 0 Å². The SMILES string of the molecule is O=[N+]([O-])C=CN1CCOCC1. The van der Waals surface area contributed by atoms with Crippen LogP contribution in [-0.2, 0) is 4.74 Å². The van der Waals surface area contributed by atoms with E-state index in [1.54, 1.807) is 0 Å². The van der Waals surface area contributed by atoms with E-state index in [-0.39, 0.29) is 0 Å². The topological polar surface area (TPSA) is 55.6 Å². The summed E-state index contributed by atoms with van der Waals surface area (Å²) in [7, 11) is 0. The Kier molecular flexibility index (Phi) is 2.85. The van der Waals surface area contributed by atoms with E-state index in [1.807, 2.05) is 4.90 Å². The molecule has 1 rings (SSSR count). The highest BCUT2D eigenvalue weighted by molar-refractivity contribution is 4.76. The van der Waals surface area contributed by atoms with Crippen LogP contribution in [0.3, 0.4) is 0 Å². The van der Waals surface area contributed by atoms with Crippen molar-refractivity contribution in [2.45, 2.75) is 0 Å². The fraction of sp³-hybridized carbons (Fsp3) is 0.667. The number of nitrogens with zero attached hydrogens (tertiary/aromatic N) is 2. The number of morpholine rings is 1. The second kappa shape index (κ2) is 3.92. The molecule has 1 saturated heterocycles. The highest BCUT2D eigenvalue weighted by Gasteiger charge is 2.05. The Morgan fingerprint density at radius 3 is 2.64 bits per heavy atom. The van der Waals surface area contributed by atoms with Crippen molar-refractivity contribution in [3.05, 3.63) is 22.5 Å². The molecule has 0 aromatic rings. The maximum atomic E-state index is 9.90. The molecule has 0 aromatic heterocycles. The van der Waals surface area contributed by atoms with Crippen LogP contribution < -0.4 is 0 Å². The first kappa shape index (κ1) is 8.00. The average Bonchev–Trinajstić information content (AvgIpc) is 2.03. The molecule has 0 N–H and O–H groups in total.